The third kappa shape index (κ3) is 5.11. The number of carbonyl (C=O) groups excluding carboxylic acids is 2. The minimum absolute atomic E-state index is 0.200. The van der Waals surface area contributed by atoms with Gasteiger partial charge in [-0.1, -0.05) is 30.3 Å². The maximum absolute atomic E-state index is 13.0. The van der Waals surface area contributed by atoms with E-state index in [-0.39, 0.29) is 12.5 Å². The van der Waals surface area contributed by atoms with Crippen LogP contribution in [0.4, 0.5) is 5.69 Å². The van der Waals surface area contributed by atoms with Crippen LogP contribution >= 0.6 is 12.2 Å². The van der Waals surface area contributed by atoms with E-state index in [0.29, 0.717) is 27.8 Å². The number of rotatable bonds is 6. The Morgan fingerprint density at radius 1 is 1.14 bits per heavy atom. The van der Waals surface area contributed by atoms with Crippen LogP contribution in [-0.2, 0) is 14.3 Å². The molecule has 0 aliphatic carbocycles. The Labute approximate surface area is 174 Å². The maximum atomic E-state index is 13.0. The van der Waals surface area contributed by atoms with Gasteiger partial charge >= 0.3 is 5.97 Å². The number of methoxy groups -OCH3 is 1. The highest BCUT2D eigenvalue weighted by atomic mass is 32.1. The molecule has 1 amide bonds. The van der Waals surface area contributed by atoms with Gasteiger partial charge in [0.25, 0.3) is 5.91 Å². The fourth-order valence-electron chi connectivity index (χ4n) is 2.95. The van der Waals surface area contributed by atoms with Crippen LogP contribution in [0.25, 0.3) is 0 Å². The number of amides is 1. The number of para-hydroxylation sites is 1. The van der Waals surface area contributed by atoms with Crippen molar-refractivity contribution in [3.63, 3.8) is 0 Å². The van der Waals surface area contributed by atoms with Gasteiger partial charge in [0, 0.05) is 11.4 Å². The lowest BCUT2D eigenvalue weighted by molar-refractivity contribution is -0.142. The topological polar surface area (TPSA) is 88.7 Å². The molecule has 3 N–H and O–H groups in total. The fourth-order valence-corrected chi connectivity index (χ4v) is 3.22. The van der Waals surface area contributed by atoms with E-state index in [0.717, 1.165) is 5.56 Å². The summed E-state index contributed by atoms with van der Waals surface area (Å²) in [6.45, 7) is 1.60. The first-order valence-electron chi connectivity index (χ1n) is 8.92. The SMILES string of the molecule is COC(=O)COc1cccc([C@@H]2NC(=S)NC(C)=C2C(=O)Nc2ccccc2)c1. The Bertz CT molecular complexity index is 959. The van der Waals surface area contributed by atoms with Crippen LogP contribution in [0, 0.1) is 0 Å². The van der Waals surface area contributed by atoms with Gasteiger partial charge in [-0.2, -0.15) is 0 Å². The molecule has 0 fully saturated rings. The Kier molecular flexibility index (Phi) is 6.46. The Morgan fingerprint density at radius 2 is 1.90 bits per heavy atom. The molecule has 2 aromatic rings. The van der Waals surface area contributed by atoms with Crippen LogP contribution in [0.5, 0.6) is 5.75 Å². The van der Waals surface area contributed by atoms with E-state index in [9.17, 15) is 9.59 Å². The number of ether oxygens (including phenoxy) is 2. The lowest BCUT2D eigenvalue weighted by atomic mass is 9.94. The average Bonchev–Trinajstić information content (AvgIpc) is 2.72. The number of esters is 1. The van der Waals surface area contributed by atoms with E-state index >= 15 is 0 Å². The highest BCUT2D eigenvalue weighted by molar-refractivity contribution is 7.80. The number of carbonyl (C=O) groups is 2. The summed E-state index contributed by atoms with van der Waals surface area (Å²) in [5.41, 5.74) is 2.63. The first-order chi connectivity index (χ1) is 14.0. The van der Waals surface area contributed by atoms with Crippen molar-refractivity contribution in [2.24, 2.45) is 0 Å². The van der Waals surface area contributed by atoms with E-state index in [2.05, 4.69) is 20.7 Å². The Balaban J connectivity index is 1.87. The van der Waals surface area contributed by atoms with Crippen molar-refractivity contribution in [3.05, 3.63) is 71.4 Å². The van der Waals surface area contributed by atoms with Gasteiger partial charge in [0.1, 0.15) is 5.75 Å². The van der Waals surface area contributed by atoms with Crippen LogP contribution in [0.3, 0.4) is 0 Å². The second-order valence-electron chi connectivity index (χ2n) is 6.33. The van der Waals surface area contributed by atoms with Crippen LogP contribution < -0.4 is 20.7 Å². The van der Waals surface area contributed by atoms with Gasteiger partial charge in [-0.3, -0.25) is 4.79 Å². The third-order valence-electron chi connectivity index (χ3n) is 4.32. The monoisotopic (exact) mass is 411 g/mol. The zero-order chi connectivity index (χ0) is 20.8. The molecule has 2 aromatic carbocycles. The van der Waals surface area contributed by atoms with Gasteiger partial charge in [-0.05, 0) is 49.0 Å². The first-order valence-corrected chi connectivity index (χ1v) is 9.33. The first kappa shape index (κ1) is 20.3. The zero-order valence-corrected chi connectivity index (χ0v) is 16.8. The summed E-state index contributed by atoms with van der Waals surface area (Å²) in [5, 5.41) is 9.47. The summed E-state index contributed by atoms with van der Waals surface area (Å²) in [7, 11) is 1.30. The molecule has 0 saturated carbocycles. The Hall–Kier alpha value is -3.39. The number of hydrogen-bond acceptors (Lipinski definition) is 5. The quantitative estimate of drug-likeness (QED) is 0.497. The molecule has 7 nitrogen and oxygen atoms in total. The molecular formula is C21H21N3O4S. The molecule has 1 atom stereocenters. The van der Waals surface area contributed by atoms with Crippen LogP contribution in [0.15, 0.2) is 65.9 Å². The average molecular weight is 411 g/mol. The molecule has 0 unspecified atom stereocenters. The third-order valence-corrected chi connectivity index (χ3v) is 4.54. The largest absolute Gasteiger partial charge is 0.482 e. The van der Waals surface area contributed by atoms with E-state index in [4.69, 9.17) is 17.0 Å². The van der Waals surface area contributed by atoms with E-state index in [1.807, 2.05) is 36.4 Å². The zero-order valence-electron chi connectivity index (χ0n) is 16.0. The highest BCUT2D eigenvalue weighted by Crippen LogP contribution is 2.29. The number of anilines is 1. The van der Waals surface area contributed by atoms with Crippen molar-refractivity contribution in [1.29, 1.82) is 0 Å². The van der Waals surface area contributed by atoms with Crippen molar-refractivity contribution in [2.45, 2.75) is 13.0 Å². The molecule has 0 radical (unpaired) electrons. The number of thiocarbonyl (C=S) groups is 1. The molecule has 0 bridgehead atoms. The lowest BCUT2D eigenvalue weighted by Crippen LogP contribution is -2.45. The summed E-state index contributed by atoms with van der Waals surface area (Å²) in [6, 6.07) is 15.9. The maximum Gasteiger partial charge on any atom is 0.343 e. The van der Waals surface area contributed by atoms with E-state index in [1.54, 1.807) is 25.1 Å². The standard InChI is InChI=1S/C21H21N3O4S/c1-13-18(20(26)23-15-8-4-3-5-9-15)19(24-21(29)22-13)14-7-6-10-16(11-14)28-12-17(25)27-2/h3-11,19H,12H2,1-2H3,(H,23,26)(H2,22,24,29)/t19-/m0/s1. The molecule has 1 aliphatic rings. The predicted octanol–water partition coefficient (Wildman–Crippen LogP) is 2.67. The smallest absolute Gasteiger partial charge is 0.343 e. The highest BCUT2D eigenvalue weighted by Gasteiger charge is 2.30. The molecule has 0 aromatic heterocycles. The molecule has 1 heterocycles. The van der Waals surface area contributed by atoms with Gasteiger partial charge in [-0.15, -0.1) is 0 Å². The molecular weight excluding hydrogens is 390 g/mol. The Morgan fingerprint density at radius 3 is 2.62 bits per heavy atom. The van der Waals surface area contributed by atoms with Gasteiger partial charge in [-0.25, -0.2) is 4.79 Å². The number of hydrogen-bond donors (Lipinski definition) is 3. The van der Waals surface area contributed by atoms with Crippen molar-refractivity contribution in [1.82, 2.24) is 10.6 Å². The summed E-state index contributed by atoms with van der Waals surface area (Å²) >= 11 is 5.28. The van der Waals surface area contributed by atoms with Crippen LogP contribution in [0.2, 0.25) is 0 Å². The molecule has 0 spiro atoms. The van der Waals surface area contributed by atoms with Crippen LogP contribution in [0.1, 0.15) is 18.5 Å². The molecule has 150 valence electrons. The number of nitrogens with one attached hydrogen (secondary N) is 3. The van der Waals surface area contributed by atoms with Gasteiger partial charge in [0.2, 0.25) is 0 Å². The molecule has 0 saturated heterocycles. The molecule has 3 rings (SSSR count). The van der Waals surface area contributed by atoms with Crippen molar-refractivity contribution < 1.29 is 19.1 Å². The van der Waals surface area contributed by atoms with Gasteiger partial charge in [0.05, 0.1) is 18.7 Å². The normalized spacial score (nSPS) is 15.8. The van der Waals surface area contributed by atoms with Gasteiger partial charge in [0.15, 0.2) is 11.7 Å². The minimum Gasteiger partial charge on any atom is -0.482 e. The summed E-state index contributed by atoms with van der Waals surface area (Å²) in [4.78, 5) is 24.3. The lowest BCUT2D eigenvalue weighted by Gasteiger charge is -2.30. The molecule has 1 aliphatic heterocycles. The van der Waals surface area contributed by atoms with E-state index < -0.39 is 12.0 Å². The minimum atomic E-state index is -0.478. The molecule has 29 heavy (non-hydrogen) atoms. The van der Waals surface area contributed by atoms with E-state index in [1.165, 1.54) is 7.11 Å². The number of allylic oxidation sites excluding steroid dienone is 1. The predicted molar refractivity (Wildman–Crippen MR) is 113 cm³/mol. The molecule has 8 heteroatoms. The summed E-state index contributed by atoms with van der Waals surface area (Å²) in [6.07, 6.45) is 0. The van der Waals surface area contributed by atoms with Crippen molar-refractivity contribution >= 4 is 34.9 Å². The van der Waals surface area contributed by atoms with Gasteiger partial charge < -0.3 is 25.4 Å². The second kappa shape index (κ2) is 9.20. The van der Waals surface area contributed by atoms with Crippen molar-refractivity contribution in [2.75, 3.05) is 19.0 Å². The van der Waals surface area contributed by atoms with Crippen LogP contribution in [-0.4, -0.2) is 30.7 Å². The summed E-state index contributed by atoms with van der Waals surface area (Å²) < 4.78 is 10.1. The number of benzene rings is 2. The van der Waals surface area contributed by atoms with Crippen molar-refractivity contribution in [3.8, 4) is 5.75 Å². The fraction of sp³-hybridized carbons (Fsp3) is 0.190. The summed E-state index contributed by atoms with van der Waals surface area (Å²) in [5.74, 6) is -0.239. The second-order valence-corrected chi connectivity index (χ2v) is 6.74.